The molecule has 474 valence electrons. The Bertz CT molecular complexity index is 1720. The van der Waals surface area contributed by atoms with Crippen LogP contribution >= 0.6 is 7.82 Å². The van der Waals surface area contributed by atoms with E-state index < -0.39 is 20.0 Å². The number of esters is 1. The van der Waals surface area contributed by atoms with Gasteiger partial charge in [-0.15, -0.1) is 0 Å². The summed E-state index contributed by atoms with van der Waals surface area (Å²) in [5.74, 6) is -0.597. The molecule has 0 aliphatic carbocycles. The van der Waals surface area contributed by atoms with Crippen LogP contribution in [0.25, 0.3) is 0 Å². The molecule has 0 saturated carbocycles. The second-order valence-electron chi connectivity index (χ2n) is 24.0. The third-order valence-corrected chi connectivity index (χ3v) is 15.8. The van der Waals surface area contributed by atoms with Gasteiger partial charge in [0.1, 0.15) is 19.3 Å². The normalized spacial score (nSPS) is 14.2. The lowest BCUT2D eigenvalue weighted by Gasteiger charge is -2.27. The molecule has 9 nitrogen and oxygen atoms in total. The molecular weight excluding hydrogens is 1040 g/mol. The summed E-state index contributed by atoms with van der Waals surface area (Å²) in [5, 5.41) is 3.01. The minimum absolute atomic E-state index is 0.0242. The quantitative estimate of drug-likeness (QED) is 0.0205. The maximum absolute atomic E-state index is 13.5. The number of nitrogens with zero attached hydrogens (tertiary/aromatic N) is 1. The van der Waals surface area contributed by atoms with Crippen LogP contribution in [0.2, 0.25) is 0 Å². The first-order valence-corrected chi connectivity index (χ1v) is 35.6. The third kappa shape index (κ3) is 61.5. The van der Waals surface area contributed by atoms with E-state index in [4.69, 9.17) is 13.8 Å². The van der Waals surface area contributed by atoms with E-state index in [0.29, 0.717) is 17.4 Å². The molecule has 0 spiro atoms. The zero-order valence-electron chi connectivity index (χ0n) is 54.2. The summed E-state index contributed by atoms with van der Waals surface area (Å²) in [6, 6.07) is -0.892. The van der Waals surface area contributed by atoms with Crippen LogP contribution in [0, 0.1) is 0 Å². The van der Waals surface area contributed by atoms with Gasteiger partial charge in [-0.05, 0) is 96.0 Å². The zero-order valence-corrected chi connectivity index (χ0v) is 55.1. The number of phosphoric acid groups is 1. The smallest absolute Gasteiger partial charge is 0.456 e. The number of nitrogens with one attached hydrogen (secondary N) is 1. The van der Waals surface area contributed by atoms with Crippen molar-refractivity contribution in [3.05, 3.63) is 97.2 Å². The van der Waals surface area contributed by atoms with Crippen LogP contribution in [0.5, 0.6) is 0 Å². The molecule has 0 radical (unpaired) electrons. The number of phosphoric ester groups is 1. The average Bonchev–Trinajstić information content (AvgIpc) is 3.45. The van der Waals surface area contributed by atoms with Gasteiger partial charge in [0.2, 0.25) is 5.91 Å². The molecular formula is C72H130N2O7P+. The number of quaternary nitrogens is 1. The molecule has 3 unspecified atom stereocenters. The first-order valence-electron chi connectivity index (χ1n) is 34.1. The van der Waals surface area contributed by atoms with Gasteiger partial charge < -0.3 is 19.4 Å². The molecule has 0 aromatic heterocycles. The summed E-state index contributed by atoms with van der Waals surface area (Å²) in [6.45, 7) is 6.83. The molecule has 1 amide bonds. The van der Waals surface area contributed by atoms with Crippen molar-refractivity contribution in [2.75, 3.05) is 40.9 Å². The molecule has 0 aromatic carbocycles. The van der Waals surface area contributed by atoms with Crippen LogP contribution < -0.4 is 5.32 Å². The van der Waals surface area contributed by atoms with E-state index >= 15 is 0 Å². The van der Waals surface area contributed by atoms with Gasteiger partial charge in [0, 0.05) is 12.8 Å². The minimum Gasteiger partial charge on any atom is -0.456 e. The van der Waals surface area contributed by atoms with Crippen molar-refractivity contribution in [2.24, 2.45) is 0 Å². The van der Waals surface area contributed by atoms with E-state index in [2.05, 4.69) is 105 Å². The number of allylic oxidation sites excluding steroid dienone is 15. The van der Waals surface area contributed by atoms with E-state index in [0.717, 1.165) is 77.0 Å². The molecule has 82 heavy (non-hydrogen) atoms. The van der Waals surface area contributed by atoms with Crippen molar-refractivity contribution >= 4 is 19.7 Å². The fourth-order valence-corrected chi connectivity index (χ4v) is 10.3. The predicted molar refractivity (Wildman–Crippen MR) is 355 cm³/mol. The van der Waals surface area contributed by atoms with Crippen molar-refractivity contribution in [1.29, 1.82) is 0 Å². The van der Waals surface area contributed by atoms with Crippen molar-refractivity contribution in [2.45, 2.75) is 309 Å². The average molecular weight is 1170 g/mol. The van der Waals surface area contributed by atoms with Gasteiger partial charge in [0.25, 0.3) is 0 Å². The van der Waals surface area contributed by atoms with Crippen molar-refractivity contribution in [3.8, 4) is 0 Å². The number of likely N-dealkylation sites (N-methyl/N-ethyl adjacent to an activating group) is 1. The Morgan fingerprint density at radius 2 is 0.793 bits per heavy atom. The number of carbonyl (C=O) groups is 2. The molecule has 0 saturated heterocycles. The van der Waals surface area contributed by atoms with Crippen LogP contribution in [0.1, 0.15) is 297 Å². The lowest BCUT2D eigenvalue weighted by atomic mass is 10.0. The highest BCUT2D eigenvalue weighted by atomic mass is 31.2. The monoisotopic (exact) mass is 1170 g/mol. The molecule has 0 fully saturated rings. The fourth-order valence-electron chi connectivity index (χ4n) is 9.55. The highest BCUT2D eigenvalue weighted by Gasteiger charge is 2.30. The third-order valence-electron chi connectivity index (χ3n) is 14.8. The van der Waals surface area contributed by atoms with E-state index in [9.17, 15) is 19.0 Å². The number of unbranched alkanes of at least 4 members (excludes halogenated alkanes) is 31. The summed E-state index contributed by atoms with van der Waals surface area (Å²) in [7, 11) is 1.45. The number of ether oxygens (including phenoxy) is 1. The Hall–Kier alpha value is -3.07. The first kappa shape index (κ1) is 78.9. The zero-order chi connectivity index (χ0) is 60.0. The Morgan fingerprint density at radius 1 is 0.439 bits per heavy atom. The molecule has 0 rings (SSSR count). The summed E-state index contributed by atoms with van der Waals surface area (Å²) < 4.78 is 30.7. The van der Waals surface area contributed by atoms with Gasteiger partial charge >= 0.3 is 13.8 Å². The molecule has 0 aliphatic rings. The Labute approximate surface area is 507 Å². The predicted octanol–water partition coefficient (Wildman–Crippen LogP) is 21.5. The van der Waals surface area contributed by atoms with Gasteiger partial charge in [0.05, 0.1) is 33.8 Å². The maximum atomic E-state index is 13.5. The Kier molecular flexibility index (Phi) is 58.7. The maximum Gasteiger partial charge on any atom is 0.472 e. The molecule has 3 atom stereocenters. The second kappa shape index (κ2) is 61.0. The SMILES string of the molecule is CC/C=C/C/C=C/C/C=C/C/C=C/C/C=C/CCC(=O)NC(COP(=O)(O)OCC[N+](C)(C)C)C(/C=C\CCCCCCCCCCCCC)OC(=O)CCCCCCCCCCCCCCCCCCC/C=C\C/C=C\CCCCC. The number of hydrogen-bond donors (Lipinski definition) is 2. The molecule has 0 aromatic rings. The summed E-state index contributed by atoms with van der Waals surface area (Å²) in [6.07, 6.45) is 83.0. The van der Waals surface area contributed by atoms with Gasteiger partial charge in [0.15, 0.2) is 0 Å². The number of carbonyl (C=O) groups excluding carboxylic acids is 2. The Balaban J connectivity index is 5.13. The highest BCUT2D eigenvalue weighted by molar-refractivity contribution is 7.47. The van der Waals surface area contributed by atoms with Crippen molar-refractivity contribution < 1.29 is 37.3 Å². The topological polar surface area (TPSA) is 111 Å². The number of amides is 1. The largest absolute Gasteiger partial charge is 0.472 e. The Morgan fingerprint density at radius 3 is 1.22 bits per heavy atom. The van der Waals surface area contributed by atoms with Gasteiger partial charge in [-0.3, -0.25) is 18.6 Å². The molecule has 10 heteroatoms. The first-order chi connectivity index (χ1) is 39.9. The molecule has 0 bridgehead atoms. The molecule has 0 aliphatic heterocycles. The number of hydrogen-bond acceptors (Lipinski definition) is 6. The van der Waals surface area contributed by atoms with E-state index in [1.807, 2.05) is 39.4 Å². The van der Waals surface area contributed by atoms with Crippen LogP contribution in [-0.2, 0) is 27.9 Å². The summed E-state index contributed by atoms with van der Waals surface area (Å²) in [5.41, 5.74) is 0. The molecule has 2 N–H and O–H groups in total. The van der Waals surface area contributed by atoms with Crippen LogP contribution in [0.15, 0.2) is 97.2 Å². The van der Waals surface area contributed by atoms with E-state index in [-0.39, 0.29) is 37.9 Å². The van der Waals surface area contributed by atoms with E-state index in [1.54, 1.807) is 0 Å². The van der Waals surface area contributed by atoms with Gasteiger partial charge in [-0.2, -0.15) is 0 Å². The van der Waals surface area contributed by atoms with Crippen molar-refractivity contribution in [3.63, 3.8) is 0 Å². The van der Waals surface area contributed by atoms with Crippen LogP contribution in [-0.4, -0.2) is 74.3 Å². The van der Waals surface area contributed by atoms with E-state index in [1.165, 1.54) is 180 Å². The molecule has 0 heterocycles. The number of rotatable bonds is 61. The van der Waals surface area contributed by atoms with Gasteiger partial charge in [-0.25, -0.2) is 4.57 Å². The summed E-state index contributed by atoms with van der Waals surface area (Å²) >= 11 is 0. The standard InChI is InChI=1S/C72H129N2O7P/c1-7-10-13-16-19-22-25-28-30-32-33-34-35-36-37-38-39-40-41-42-44-47-50-53-56-59-62-65-72(76)81-70(63-60-57-54-51-48-45-27-24-21-18-15-12-9-3)69(68-80-82(77,78)79-67-66-74(4,5)6)73-71(75)64-61-58-55-52-49-46-43-31-29-26-23-20-17-14-11-8-2/h11,14,19-20,22-23,28-31,46,49,55,58,60,63,69-70H,7-10,12-13,15-18,21,24-27,32-45,47-48,50-54,56-57,59,61-62,64-68H2,1-6H3,(H-,73,75,77,78)/p+1/b14-11+,22-19-,23-20+,30-28-,31-29+,49-46+,58-55+,63-60-. The minimum atomic E-state index is -4.47. The van der Waals surface area contributed by atoms with Crippen LogP contribution in [0.4, 0.5) is 0 Å². The lowest BCUT2D eigenvalue weighted by molar-refractivity contribution is -0.870. The highest BCUT2D eigenvalue weighted by Crippen LogP contribution is 2.43. The lowest BCUT2D eigenvalue weighted by Crippen LogP contribution is -2.47. The van der Waals surface area contributed by atoms with Gasteiger partial charge in [-0.1, -0.05) is 285 Å². The van der Waals surface area contributed by atoms with Crippen molar-refractivity contribution in [1.82, 2.24) is 5.32 Å². The second-order valence-corrected chi connectivity index (χ2v) is 25.4. The summed E-state index contributed by atoms with van der Waals surface area (Å²) in [4.78, 5) is 37.8. The fraction of sp³-hybridized carbons (Fsp3) is 0.750. The van der Waals surface area contributed by atoms with Crippen LogP contribution in [0.3, 0.4) is 0 Å².